The van der Waals surface area contributed by atoms with Crippen molar-refractivity contribution in [3.63, 3.8) is 0 Å². The Balaban J connectivity index is 1.91. The number of hydrogen-bond acceptors (Lipinski definition) is 4. The first-order valence-corrected chi connectivity index (χ1v) is 8.66. The van der Waals surface area contributed by atoms with Gasteiger partial charge in [-0.3, -0.25) is 0 Å². The first kappa shape index (κ1) is 15.8. The lowest BCUT2D eigenvalue weighted by molar-refractivity contribution is 0.222. The molecule has 0 atom stereocenters. The molecule has 0 bridgehead atoms. The van der Waals surface area contributed by atoms with Crippen LogP contribution in [0.2, 0.25) is 0 Å². The minimum atomic E-state index is 0.512. The first-order valence-electron chi connectivity index (χ1n) is 7.78. The number of rotatable bonds is 5. The fourth-order valence-electron chi connectivity index (χ4n) is 2.78. The average Bonchev–Trinajstić information content (AvgIpc) is 2.84. The molecule has 0 aliphatic heterocycles. The van der Waals surface area contributed by atoms with Gasteiger partial charge in [0, 0.05) is 31.1 Å². The Bertz CT molecular complexity index is 415. The van der Waals surface area contributed by atoms with E-state index in [1.807, 2.05) is 0 Å². The molecule has 1 saturated carbocycles. The standard InChI is InChI=1S/C16H29N3S/c1-12(2)17-10-13-11-20-15(18-13)19(5)14-6-8-16(3,4)9-7-14/h11-12,14,17H,6-10H2,1-5H3. The highest BCUT2D eigenvalue weighted by Gasteiger charge is 2.29. The minimum Gasteiger partial charge on any atom is -0.348 e. The molecule has 114 valence electrons. The summed E-state index contributed by atoms with van der Waals surface area (Å²) in [4.78, 5) is 7.18. The number of anilines is 1. The number of thiazole rings is 1. The lowest BCUT2D eigenvalue weighted by Crippen LogP contribution is -2.37. The van der Waals surface area contributed by atoms with Crippen LogP contribution in [0.25, 0.3) is 0 Å². The first-order chi connectivity index (χ1) is 9.37. The number of hydrogen-bond donors (Lipinski definition) is 1. The highest BCUT2D eigenvalue weighted by molar-refractivity contribution is 7.13. The van der Waals surface area contributed by atoms with Crippen molar-refractivity contribution in [2.24, 2.45) is 5.41 Å². The molecule has 0 unspecified atom stereocenters. The molecule has 0 saturated heterocycles. The molecule has 20 heavy (non-hydrogen) atoms. The molecule has 1 aromatic rings. The smallest absolute Gasteiger partial charge is 0.185 e. The van der Waals surface area contributed by atoms with Crippen LogP contribution in [0.15, 0.2) is 5.38 Å². The van der Waals surface area contributed by atoms with E-state index < -0.39 is 0 Å². The molecule has 1 fully saturated rings. The monoisotopic (exact) mass is 295 g/mol. The van der Waals surface area contributed by atoms with Gasteiger partial charge < -0.3 is 10.2 Å². The minimum absolute atomic E-state index is 0.512. The van der Waals surface area contributed by atoms with Gasteiger partial charge in [-0.25, -0.2) is 4.98 Å². The second-order valence-electron chi connectivity index (χ2n) is 7.16. The van der Waals surface area contributed by atoms with Gasteiger partial charge in [-0.1, -0.05) is 27.7 Å². The fourth-order valence-corrected chi connectivity index (χ4v) is 3.64. The Morgan fingerprint density at radius 2 is 2.05 bits per heavy atom. The largest absolute Gasteiger partial charge is 0.348 e. The molecule has 1 aliphatic carbocycles. The number of aromatic nitrogens is 1. The molecule has 0 amide bonds. The molecule has 1 N–H and O–H groups in total. The van der Waals surface area contributed by atoms with Crippen molar-refractivity contribution < 1.29 is 0 Å². The molecule has 2 rings (SSSR count). The van der Waals surface area contributed by atoms with Crippen molar-refractivity contribution in [3.05, 3.63) is 11.1 Å². The molecule has 1 aliphatic rings. The van der Waals surface area contributed by atoms with Crippen LogP contribution < -0.4 is 10.2 Å². The van der Waals surface area contributed by atoms with Crippen molar-refractivity contribution >= 4 is 16.5 Å². The van der Waals surface area contributed by atoms with Gasteiger partial charge in [-0.05, 0) is 31.1 Å². The lowest BCUT2D eigenvalue weighted by Gasteiger charge is -2.38. The maximum absolute atomic E-state index is 4.78. The molecule has 3 nitrogen and oxygen atoms in total. The summed E-state index contributed by atoms with van der Waals surface area (Å²) in [5.74, 6) is 0. The zero-order valence-electron chi connectivity index (χ0n) is 13.6. The molecule has 0 radical (unpaired) electrons. The van der Waals surface area contributed by atoms with E-state index in [-0.39, 0.29) is 0 Å². The summed E-state index contributed by atoms with van der Waals surface area (Å²) in [6.07, 6.45) is 5.25. The molecule has 1 aromatic heterocycles. The van der Waals surface area contributed by atoms with Gasteiger partial charge in [0.15, 0.2) is 5.13 Å². The van der Waals surface area contributed by atoms with E-state index in [4.69, 9.17) is 4.98 Å². The predicted octanol–water partition coefficient (Wildman–Crippen LogP) is 4.05. The fraction of sp³-hybridized carbons (Fsp3) is 0.812. The Kier molecular flexibility index (Phi) is 5.08. The Morgan fingerprint density at radius 1 is 1.40 bits per heavy atom. The third-order valence-electron chi connectivity index (χ3n) is 4.39. The summed E-state index contributed by atoms with van der Waals surface area (Å²) in [5.41, 5.74) is 1.70. The van der Waals surface area contributed by atoms with Crippen LogP contribution in [0, 0.1) is 5.41 Å². The second kappa shape index (κ2) is 6.44. The normalized spacial score (nSPS) is 19.5. The zero-order chi connectivity index (χ0) is 14.8. The molecule has 0 spiro atoms. The third-order valence-corrected chi connectivity index (χ3v) is 5.37. The molecule has 0 aromatic carbocycles. The van der Waals surface area contributed by atoms with Crippen LogP contribution in [0.1, 0.15) is 59.1 Å². The van der Waals surface area contributed by atoms with Gasteiger partial charge in [0.2, 0.25) is 0 Å². The highest BCUT2D eigenvalue weighted by atomic mass is 32.1. The Morgan fingerprint density at radius 3 is 2.65 bits per heavy atom. The number of nitrogens with one attached hydrogen (secondary N) is 1. The van der Waals surface area contributed by atoms with E-state index in [1.165, 1.54) is 36.5 Å². The van der Waals surface area contributed by atoms with E-state index in [0.717, 1.165) is 6.54 Å². The predicted molar refractivity (Wildman–Crippen MR) is 88.5 cm³/mol. The van der Waals surface area contributed by atoms with Gasteiger partial charge in [0.05, 0.1) is 5.69 Å². The van der Waals surface area contributed by atoms with Crippen LogP contribution in [0.4, 0.5) is 5.13 Å². The maximum Gasteiger partial charge on any atom is 0.185 e. The van der Waals surface area contributed by atoms with E-state index in [2.05, 4.69) is 50.3 Å². The number of nitrogens with zero attached hydrogens (tertiary/aromatic N) is 2. The Labute approximate surface area is 127 Å². The van der Waals surface area contributed by atoms with Crippen molar-refractivity contribution in [1.29, 1.82) is 0 Å². The summed E-state index contributed by atoms with van der Waals surface area (Å²) in [6, 6.07) is 1.18. The summed E-state index contributed by atoms with van der Waals surface area (Å²) >= 11 is 1.78. The summed E-state index contributed by atoms with van der Waals surface area (Å²) in [5, 5.41) is 6.79. The SMILES string of the molecule is CC(C)NCc1csc(N(C)C2CCC(C)(C)CC2)n1. The van der Waals surface area contributed by atoms with E-state index in [9.17, 15) is 0 Å². The molecule has 4 heteroatoms. The van der Waals surface area contributed by atoms with Crippen molar-refractivity contribution in [2.45, 2.75) is 72.0 Å². The van der Waals surface area contributed by atoms with Gasteiger partial charge in [-0.15, -0.1) is 11.3 Å². The van der Waals surface area contributed by atoms with Crippen molar-refractivity contribution in [1.82, 2.24) is 10.3 Å². The van der Waals surface area contributed by atoms with E-state index >= 15 is 0 Å². The van der Waals surface area contributed by atoms with Crippen LogP contribution in [-0.4, -0.2) is 24.1 Å². The topological polar surface area (TPSA) is 28.2 Å². The highest BCUT2D eigenvalue weighted by Crippen LogP contribution is 2.38. The van der Waals surface area contributed by atoms with E-state index in [1.54, 1.807) is 11.3 Å². The van der Waals surface area contributed by atoms with Crippen LogP contribution >= 0.6 is 11.3 Å². The quantitative estimate of drug-likeness (QED) is 0.888. The van der Waals surface area contributed by atoms with Gasteiger partial charge in [0.25, 0.3) is 0 Å². The van der Waals surface area contributed by atoms with Crippen molar-refractivity contribution in [3.8, 4) is 0 Å². The van der Waals surface area contributed by atoms with Crippen molar-refractivity contribution in [2.75, 3.05) is 11.9 Å². The van der Waals surface area contributed by atoms with Crippen LogP contribution in [0.3, 0.4) is 0 Å². The Hall–Kier alpha value is -0.610. The molecular weight excluding hydrogens is 266 g/mol. The van der Waals surface area contributed by atoms with Gasteiger partial charge in [-0.2, -0.15) is 0 Å². The van der Waals surface area contributed by atoms with E-state index in [0.29, 0.717) is 17.5 Å². The molecular formula is C16H29N3S. The summed E-state index contributed by atoms with van der Waals surface area (Å²) in [7, 11) is 2.21. The van der Waals surface area contributed by atoms with Crippen LogP contribution in [-0.2, 0) is 6.54 Å². The van der Waals surface area contributed by atoms with Gasteiger partial charge in [0.1, 0.15) is 0 Å². The van der Waals surface area contributed by atoms with Crippen LogP contribution in [0.5, 0.6) is 0 Å². The second-order valence-corrected chi connectivity index (χ2v) is 8.00. The third kappa shape index (κ3) is 4.19. The summed E-state index contributed by atoms with van der Waals surface area (Å²) < 4.78 is 0. The summed E-state index contributed by atoms with van der Waals surface area (Å²) in [6.45, 7) is 10.00. The maximum atomic E-state index is 4.78. The molecule has 1 heterocycles. The zero-order valence-corrected chi connectivity index (χ0v) is 14.4. The van der Waals surface area contributed by atoms with Gasteiger partial charge >= 0.3 is 0 Å². The average molecular weight is 295 g/mol. The lowest BCUT2D eigenvalue weighted by atomic mass is 9.75.